The first-order valence-corrected chi connectivity index (χ1v) is 8.15. The van der Waals surface area contributed by atoms with Gasteiger partial charge in [0.25, 0.3) is 0 Å². The van der Waals surface area contributed by atoms with Crippen LogP contribution in [0.15, 0.2) is 24.3 Å². The molecule has 0 radical (unpaired) electrons. The van der Waals surface area contributed by atoms with Gasteiger partial charge in [0.2, 0.25) is 0 Å². The summed E-state index contributed by atoms with van der Waals surface area (Å²) in [5.74, 6) is 0. The fraction of sp³-hybridized carbons (Fsp3) is 0.667. The molecule has 21 heavy (non-hydrogen) atoms. The van der Waals surface area contributed by atoms with Crippen LogP contribution in [0.2, 0.25) is 0 Å². The number of hydrogen-bond acceptors (Lipinski definition) is 3. The molecule has 1 spiro atoms. The Morgan fingerprint density at radius 1 is 1.33 bits per heavy atom. The Balaban J connectivity index is 1.64. The van der Waals surface area contributed by atoms with Crippen molar-refractivity contribution in [2.45, 2.75) is 44.4 Å². The van der Waals surface area contributed by atoms with Crippen LogP contribution in [0.1, 0.15) is 30.4 Å². The molecule has 2 heterocycles. The summed E-state index contributed by atoms with van der Waals surface area (Å²) in [6.07, 6.45) is 3.54. The molecule has 1 aromatic carbocycles. The van der Waals surface area contributed by atoms with Crippen molar-refractivity contribution >= 4 is 0 Å². The lowest BCUT2D eigenvalue weighted by Gasteiger charge is -2.40. The maximum Gasteiger partial charge on any atom is 0.0835 e. The molecule has 3 heteroatoms. The molecule has 2 saturated heterocycles. The first-order chi connectivity index (χ1) is 10.1. The molecule has 0 aliphatic carbocycles. The van der Waals surface area contributed by atoms with Gasteiger partial charge in [-0.05, 0) is 51.4 Å². The second-order valence-corrected chi connectivity index (χ2v) is 7.03. The normalized spacial score (nSPS) is 30.4. The summed E-state index contributed by atoms with van der Waals surface area (Å²) in [6, 6.07) is 9.41. The van der Waals surface area contributed by atoms with Crippen molar-refractivity contribution in [2.75, 3.05) is 33.8 Å². The Morgan fingerprint density at radius 2 is 2.14 bits per heavy atom. The van der Waals surface area contributed by atoms with Gasteiger partial charge in [-0.15, -0.1) is 0 Å². The second-order valence-electron chi connectivity index (χ2n) is 7.03. The molecule has 0 aromatic heterocycles. The van der Waals surface area contributed by atoms with Gasteiger partial charge in [0, 0.05) is 32.3 Å². The maximum atomic E-state index is 6.24. The Kier molecular flexibility index (Phi) is 4.34. The van der Waals surface area contributed by atoms with Crippen molar-refractivity contribution in [3.8, 4) is 0 Å². The fourth-order valence-corrected chi connectivity index (χ4v) is 3.82. The molecule has 2 fully saturated rings. The monoisotopic (exact) mass is 288 g/mol. The quantitative estimate of drug-likeness (QED) is 0.850. The van der Waals surface area contributed by atoms with Gasteiger partial charge in [-0.3, -0.25) is 4.90 Å². The van der Waals surface area contributed by atoms with Crippen LogP contribution < -0.4 is 0 Å². The minimum atomic E-state index is 0.107. The first-order valence-electron chi connectivity index (χ1n) is 8.15. The zero-order chi connectivity index (χ0) is 14.9. The fourth-order valence-electron chi connectivity index (χ4n) is 3.82. The zero-order valence-electron chi connectivity index (χ0n) is 13.6. The van der Waals surface area contributed by atoms with E-state index in [9.17, 15) is 0 Å². The van der Waals surface area contributed by atoms with E-state index in [0.717, 1.165) is 26.2 Å². The third-order valence-corrected chi connectivity index (χ3v) is 5.25. The number of benzene rings is 1. The van der Waals surface area contributed by atoms with Crippen LogP contribution in [0.3, 0.4) is 0 Å². The van der Waals surface area contributed by atoms with Crippen molar-refractivity contribution in [3.05, 3.63) is 35.4 Å². The largest absolute Gasteiger partial charge is 0.373 e. The van der Waals surface area contributed by atoms with Gasteiger partial charge in [0.05, 0.1) is 5.60 Å². The highest BCUT2D eigenvalue weighted by Gasteiger charge is 2.43. The van der Waals surface area contributed by atoms with Gasteiger partial charge in [-0.1, -0.05) is 24.3 Å². The Morgan fingerprint density at radius 3 is 2.90 bits per heavy atom. The maximum absolute atomic E-state index is 6.24. The summed E-state index contributed by atoms with van der Waals surface area (Å²) in [6.45, 7) is 6.44. The highest BCUT2D eigenvalue weighted by atomic mass is 16.5. The topological polar surface area (TPSA) is 15.7 Å². The Hall–Kier alpha value is -0.900. The molecule has 0 unspecified atom stereocenters. The van der Waals surface area contributed by atoms with E-state index < -0.39 is 0 Å². The third-order valence-electron chi connectivity index (χ3n) is 5.25. The molecular weight excluding hydrogens is 260 g/mol. The summed E-state index contributed by atoms with van der Waals surface area (Å²) >= 11 is 0. The standard InChI is InChI=1S/C18H28N2O/c1-15-6-4-5-7-16(15)13-20-10-9-18(14-20)12-17(19(2)3)8-11-21-18/h4-7,17H,8-14H2,1-3H3/t17-,18-/m1/s1. The van der Waals surface area contributed by atoms with Crippen molar-refractivity contribution in [1.82, 2.24) is 9.80 Å². The van der Waals surface area contributed by atoms with Gasteiger partial charge in [0.1, 0.15) is 0 Å². The number of likely N-dealkylation sites (tertiary alicyclic amines) is 1. The average Bonchev–Trinajstić information content (AvgIpc) is 2.84. The molecule has 3 rings (SSSR count). The molecule has 0 bridgehead atoms. The minimum absolute atomic E-state index is 0.107. The number of rotatable bonds is 3. The highest BCUT2D eigenvalue weighted by Crippen LogP contribution is 2.36. The summed E-state index contributed by atoms with van der Waals surface area (Å²) in [7, 11) is 4.40. The lowest BCUT2D eigenvalue weighted by Crippen LogP contribution is -2.48. The van der Waals surface area contributed by atoms with Gasteiger partial charge in [0.15, 0.2) is 0 Å². The summed E-state index contributed by atoms with van der Waals surface area (Å²) < 4.78 is 6.24. The number of nitrogens with zero attached hydrogens (tertiary/aromatic N) is 2. The lowest BCUT2D eigenvalue weighted by atomic mass is 9.89. The van der Waals surface area contributed by atoms with Crippen molar-refractivity contribution in [3.63, 3.8) is 0 Å². The summed E-state index contributed by atoms with van der Waals surface area (Å²) in [5, 5.41) is 0. The number of ether oxygens (including phenoxy) is 1. The van der Waals surface area contributed by atoms with Gasteiger partial charge in [-0.25, -0.2) is 0 Å². The summed E-state index contributed by atoms with van der Waals surface area (Å²) in [5.41, 5.74) is 2.96. The van der Waals surface area contributed by atoms with Crippen LogP contribution in [0.25, 0.3) is 0 Å². The van der Waals surface area contributed by atoms with Crippen LogP contribution >= 0.6 is 0 Å². The molecule has 2 aliphatic rings. The lowest BCUT2D eigenvalue weighted by molar-refractivity contribution is -0.0932. The Bertz CT molecular complexity index is 488. The molecular formula is C18H28N2O. The second kappa shape index (κ2) is 6.07. The van der Waals surface area contributed by atoms with E-state index in [1.165, 1.54) is 30.4 Å². The highest BCUT2D eigenvalue weighted by molar-refractivity contribution is 5.25. The van der Waals surface area contributed by atoms with E-state index in [2.05, 4.69) is 55.1 Å². The molecule has 2 atom stereocenters. The van der Waals surface area contributed by atoms with Gasteiger partial charge in [-0.2, -0.15) is 0 Å². The van der Waals surface area contributed by atoms with E-state index in [1.807, 2.05) is 0 Å². The Labute approximate surface area is 128 Å². The van der Waals surface area contributed by atoms with E-state index in [-0.39, 0.29) is 5.60 Å². The molecule has 3 nitrogen and oxygen atoms in total. The van der Waals surface area contributed by atoms with Crippen LogP contribution in [0.5, 0.6) is 0 Å². The number of hydrogen-bond donors (Lipinski definition) is 0. The van der Waals surface area contributed by atoms with Crippen molar-refractivity contribution < 1.29 is 4.74 Å². The summed E-state index contributed by atoms with van der Waals surface area (Å²) in [4.78, 5) is 4.94. The first kappa shape index (κ1) is 15.0. The van der Waals surface area contributed by atoms with Crippen molar-refractivity contribution in [2.24, 2.45) is 0 Å². The van der Waals surface area contributed by atoms with Crippen molar-refractivity contribution in [1.29, 1.82) is 0 Å². The molecule has 2 aliphatic heterocycles. The third kappa shape index (κ3) is 3.31. The molecule has 1 aromatic rings. The van der Waals surface area contributed by atoms with Gasteiger partial charge < -0.3 is 9.64 Å². The van der Waals surface area contributed by atoms with Crippen LogP contribution in [0.4, 0.5) is 0 Å². The number of aryl methyl sites for hydroxylation is 1. The molecule has 0 N–H and O–H groups in total. The predicted octanol–water partition coefficient (Wildman–Crippen LogP) is 2.68. The van der Waals surface area contributed by atoms with E-state index in [0.29, 0.717) is 6.04 Å². The molecule has 0 amide bonds. The smallest absolute Gasteiger partial charge is 0.0835 e. The van der Waals surface area contributed by atoms with Crippen LogP contribution in [0, 0.1) is 6.92 Å². The van der Waals surface area contributed by atoms with E-state index in [4.69, 9.17) is 4.74 Å². The molecule has 0 saturated carbocycles. The average molecular weight is 288 g/mol. The minimum Gasteiger partial charge on any atom is -0.373 e. The predicted molar refractivity (Wildman–Crippen MR) is 86.5 cm³/mol. The van der Waals surface area contributed by atoms with E-state index in [1.54, 1.807) is 0 Å². The zero-order valence-corrected chi connectivity index (χ0v) is 13.6. The molecule has 116 valence electrons. The van der Waals surface area contributed by atoms with Crippen LogP contribution in [-0.4, -0.2) is 55.2 Å². The SMILES string of the molecule is Cc1ccccc1CN1CC[C@@]2(C[C@H](N(C)C)CCO2)C1. The van der Waals surface area contributed by atoms with Gasteiger partial charge >= 0.3 is 0 Å². The van der Waals surface area contributed by atoms with E-state index >= 15 is 0 Å². The van der Waals surface area contributed by atoms with Crippen LogP contribution in [-0.2, 0) is 11.3 Å².